The van der Waals surface area contributed by atoms with Gasteiger partial charge in [-0.1, -0.05) is 72.8 Å². The summed E-state index contributed by atoms with van der Waals surface area (Å²) in [5, 5.41) is 9.68. The summed E-state index contributed by atoms with van der Waals surface area (Å²) in [6.07, 6.45) is 16.4. The van der Waals surface area contributed by atoms with Crippen LogP contribution < -0.4 is 0 Å². The Morgan fingerprint density at radius 3 is 2.25 bits per heavy atom. The van der Waals surface area contributed by atoms with Crippen LogP contribution in [0.25, 0.3) is 0 Å². The second-order valence-electron chi connectivity index (χ2n) is 22.6. The van der Waals surface area contributed by atoms with Gasteiger partial charge in [0.2, 0.25) is 5.91 Å². The quantitative estimate of drug-likeness (QED) is 0.125. The maximum Gasteiger partial charge on any atom is 0.309 e. The number of carboxylic acid groups (broad SMARTS) is 1. The topological polar surface area (TPSA) is 110 Å². The van der Waals surface area contributed by atoms with Crippen molar-refractivity contribution in [3.63, 3.8) is 0 Å². The summed E-state index contributed by atoms with van der Waals surface area (Å²) in [5.41, 5.74) is 5.61. The van der Waals surface area contributed by atoms with Crippen molar-refractivity contribution in [2.24, 2.45) is 56.2 Å². The SMILES string of the molecule is CCC(C)N(C(=O)C(C)=C(C)C12CCC3(C)C(CCC4C5(C)CCC(OC(=O)CC(C)(C)C(=O)O)C(C)(C)C5CCC43C)C1=C(C(C)C)C(=O)C2)C1C=CC(OC)=C=CCC1. The maximum absolute atomic E-state index is 15.1. The molecule has 8 heteroatoms. The van der Waals surface area contributed by atoms with Crippen molar-refractivity contribution in [2.75, 3.05) is 7.11 Å². The summed E-state index contributed by atoms with van der Waals surface area (Å²) in [5.74, 6) is 0.756. The van der Waals surface area contributed by atoms with E-state index < -0.39 is 22.8 Å². The maximum atomic E-state index is 15.1. The van der Waals surface area contributed by atoms with Gasteiger partial charge in [-0.3, -0.25) is 19.2 Å². The molecule has 4 fully saturated rings. The molecule has 0 heterocycles. The van der Waals surface area contributed by atoms with E-state index in [0.29, 0.717) is 24.0 Å². The van der Waals surface area contributed by atoms with Crippen LogP contribution in [-0.4, -0.2) is 58.9 Å². The molecule has 0 radical (unpaired) electrons. The highest BCUT2D eigenvalue weighted by Gasteiger charge is 2.70. The molecule has 0 aromatic carbocycles. The van der Waals surface area contributed by atoms with Gasteiger partial charge >= 0.3 is 11.9 Å². The van der Waals surface area contributed by atoms with Gasteiger partial charge in [0.25, 0.3) is 0 Å². The number of carbonyl (C=O) groups is 4. The number of hydrogen-bond donors (Lipinski definition) is 1. The van der Waals surface area contributed by atoms with Gasteiger partial charge in [0, 0.05) is 28.9 Å². The fraction of sp³-hybridized carbons (Fsp3) is 0.755. The normalized spacial score (nSPS) is 36.6. The highest BCUT2D eigenvalue weighted by atomic mass is 16.5. The highest BCUT2D eigenvalue weighted by molar-refractivity contribution is 6.02. The average molecular weight is 842 g/mol. The number of esters is 1. The number of amides is 1. The number of ketones is 1. The van der Waals surface area contributed by atoms with E-state index in [9.17, 15) is 19.5 Å². The van der Waals surface area contributed by atoms with Gasteiger partial charge in [0.1, 0.15) is 6.10 Å². The first-order valence-corrected chi connectivity index (χ1v) is 23.8. The number of aliphatic carboxylic acids is 1. The van der Waals surface area contributed by atoms with Crippen LogP contribution in [-0.2, 0) is 28.7 Å². The number of hydrogen-bond acceptors (Lipinski definition) is 6. The molecule has 10 unspecified atom stereocenters. The van der Waals surface area contributed by atoms with Crippen molar-refractivity contribution in [2.45, 2.75) is 192 Å². The van der Waals surface area contributed by atoms with Gasteiger partial charge in [-0.2, -0.15) is 0 Å². The number of nitrogens with zero attached hydrogens (tertiary/aromatic N) is 1. The van der Waals surface area contributed by atoms with Gasteiger partial charge in [-0.25, -0.2) is 0 Å². The van der Waals surface area contributed by atoms with Gasteiger partial charge in [-0.05, 0) is 168 Å². The zero-order chi connectivity index (χ0) is 45.2. The van der Waals surface area contributed by atoms with Crippen LogP contribution in [0.3, 0.4) is 0 Å². The molecule has 0 bridgehead atoms. The number of carbonyl (C=O) groups excluding carboxylic acids is 3. The number of fused-ring (bicyclic) bond motifs is 7. The van der Waals surface area contributed by atoms with Crippen LogP contribution in [0, 0.1) is 56.2 Å². The zero-order valence-corrected chi connectivity index (χ0v) is 40.3. The predicted octanol–water partition coefficient (Wildman–Crippen LogP) is 11.7. The number of ether oxygens (including phenoxy) is 2. The van der Waals surface area contributed by atoms with Gasteiger partial charge < -0.3 is 19.5 Å². The van der Waals surface area contributed by atoms with E-state index in [1.165, 1.54) is 5.57 Å². The van der Waals surface area contributed by atoms with Crippen LogP contribution >= 0.6 is 0 Å². The van der Waals surface area contributed by atoms with Crippen molar-refractivity contribution >= 4 is 23.6 Å². The fourth-order valence-corrected chi connectivity index (χ4v) is 14.6. The molecule has 6 rings (SSSR count). The molecule has 338 valence electrons. The number of carboxylic acids is 1. The van der Waals surface area contributed by atoms with E-state index in [4.69, 9.17) is 9.47 Å². The van der Waals surface area contributed by atoms with E-state index in [1.54, 1.807) is 21.0 Å². The lowest BCUT2D eigenvalue weighted by Gasteiger charge is -2.72. The molecule has 0 saturated heterocycles. The van der Waals surface area contributed by atoms with Crippen molar-refractivity contribution in [1.82, 2.24) is 4.90 Å². The summed E-state index contributed by atoms with van der Waals surface area (Å²) in [7, 11) is 1.65. The summed E-state index contributed by atoms with van der Waals surface area (Å²) in [6, 6.07) is -0.0556. The average Bonchev–Trinajstić information content (AvgIpc) is 3.49. The van der Waals surface area contributed by atoms with Crippen molar-refractivity contribution in [3.05, 3.63) is 52.0 Å². The largest absolute Gasteiger partial charge is 0.489 e. The van der Waals surface area contributed by atoms with Crippen molar-refractivity contribution < 1.29 is 33.8 Å². The van der Waals surface area contributed by atoms with Crippen LogP contribution in [0.2, 0.25) is 0 Å². The molecule has 4 saturated carbocycles. The first-order chi connectivity index (χ1) is 28.4. The Balaban J connectivity index is 1.34. The lowest BCUT2D eigenvalue weighted by Crippen LogP contribution is -2.65. The molecule has 8 nitrogen and oxygen atoms in total. The standard InChI is InChI=1S/C53H79NO7/c1-15-33(4)54(36-18-16-17-19-37(60-14)21-20-36)46(57)34(5)35(6)53-29-28-51(12)38(45(53)44(32(2)3)39(55)30-53)22-23-41-50(11)26-25-42(61-43(56)31-48(7,8)47(58)59)49(9,10)40(50)24-27-52(41,51)13/h17,20-21,32-33,36,38,40-42H,15-16,18,22-31H2,1-14H3,(H,58,59). The summed E-state index contributed by atoms with van der Waals surface area (Å²) >= 11 is 0. The molecular formula is C53H79NO7. The molecule has 1 amide bonds. The minimum absolute atomic E-state index is 0.0312. The number of methoxy groups -OCH3 is 1. The van der Waals surface area contributed by atoms with Crippen molar-refractivity contribution in [1.29, 1.82) is 0 Å². The van der Waals surface area contributed by atoms with Gasteiger partial charge in [0.15, 0.2) is 11.5 Å². The van der Waals surface area contributed by atoms with Crippen LogP contribution in [0.4, 0.5) is 0 Å². The molecule has 0 spiro atoms. The molecular weight excluding hydrogens is 763 g/mol. The van der Waals surface area contributed by atoms with Gasteiger partial charge in [0.05, 0.1) is 25.0 Å². The van der Waals surface area contributed by atoms with Gasteiger partial charge in [-0.15, -0.1) is 0 Å². The summed E-state index contributed by atoms with van der Waals surface area (Å²) in [4.78, 5) is 56.7. The van der Waals surface area contributed by atoms with Crippen LogP contribution in [0.15, 0.2) is 52.0 Å². The monoisotopic (exact) mass is 842 g/mol. The second-order valence-corrected chi connectivity index (χ2v) is 22.6. The van der Waals surface area contributed by atoms with Crippen LogP contribution in [0.1, 0.15) is 173 Å². The summed E-state index contributed by atoms with van der Waals surface area (Å²) < 4.78 is 11.7. The zero-order valence-electron chi connectivity index (χ0n) is 40.3. The Bertz CT molecular complexity index is 1960. The Morgan fingerprint density at radius 2 is 1.62 bits per heavy atom. The Hall–Kier alpha value is -3.38. The van der Waals surface area contributed by atoms with E-state index in [1.807, 2.05) is 19.1 Å². The summed E-state index contributed by atoms with van der Waals surface area (Å²) in [6.45, 7) is 28.3. The van der Waals surface area contributed by atoms with Crippen molar-refractivity contribution in [3.8, 4) is 0 Å². The highest BCUT2D eigenvalue weighted by Crippen LogP contribution is 2.77. The fourth-order valence-electron chi connectivity index (χ4n) is 14.6. The molecule has 0 aliphatic heterocycles. The molecule has 0 aromatic heterocycles. The van der Waals surface area contributed by atoms with E-state index in [2.05, 4.69) is 85.9 Å². The number of rotatable bonds is 11. The van der Waals surface area contributed by atoms with E-state index in [0.717, 1.165) is 87.3 Å². The van der Waals surface area contributed by atoms with E-state index >= 15 is 4.79 Å². The third kappa shape index (κ3) is 7.55. The Kier molecular flexibility index (Phi) is 12.8. The molecule has 61 heavy (non-hydrogen) atoms. The van der Waals surface area contributed by atoms with Crippen LogP contribution in [0.5, 0.6) is 0 Å². The van der Waals surface area contributed by atoms with E-state index in [-0.39, 0.29) is 69.8 Å². The molecule has 1 N–H and O–H groups in total. The predicted molar refractivity (Wildman–Crippen MR) is 241 cm³/mol. The minimum Gasteiger partial charge on any atom is -0.489 e. The molecule has 6 aliphatic rings. The number of allylic oxidation sites excluding steroid dienone is 4. The molecule has 6 aliphatic carbocycles. The first-order valence-electron chi connectivity index (χ1n) is 23.8. The lowest BCUT2D eigenvalue weighted by atomic mass is 9.32. The smallest absolute Gasteiger partial charge is 0.309 e. The number of Topliss-reactive ketones (excluding diaryl/α,β-unsaturated/α-hetero) is 1. The lowest BCUT2D eigenvalue weighted by molar-refractivity contribution is -0.233. The minimum atomic E-state index is -1.18. The Morgan fingerprint density at radius 1 is 0.934 bits per heavy atom. The first kappa shape index (κ1) is 47.1. The Labute approximate surface area is 368 Å². The molecule has 10 atom stereocenters. The second kappa shape index (κ2) is 16.6. The third-order valence-electron chi connectivity index (χ3n) is 18.6. The third-order valence-corrected chi connectivity index (χ3v) is 18.6. The molecule has 0 aromatic rings.